The summed E-state index contributed by atoms with van der Waals surface area (Å²) in [7, 11) is 0. The van der Waals surface area contributed by atoms with Crippen LogP contribution in [0.3, 0.4) is 0 Å². The quantitative estimate of drug-likeness (QED) is 0.754. The smallest absolute Gasteiger partial charge is 0.127 e. The number of hydrogen-bond donors (Lipinski definition) is 0. The number of fused-ring (bicyclic) bond motifs is 1. The van der Waals surface area contributed by atoms with Gasteiger partial charge in [0.15, 0.2) is 0 Å². The highest BCUT2D eigenvalue weighted by molar-refractivity contribution is 7.99. The van der Waals surface area contributed by atoms with Gasteiger partial charge < -0.3 is 4.74 Å². The van der Waals surface area contributed by atoms with E-state index in [0.29, 0.717) is 0 Å². The van der Waals surface area contributed by atoms with Gasteiger partial charge in [-0.1, -0.05) is 23.9 Å². The summed E-state index contributed by atoms with van der Waals surface area (Å²) < 4.78 is 19.1. The van der Waals surface area contributed by atoms with E-state index in [2.05, 4.69) is 12.1 Å². The second-order valence-electron chi connectivity index (χ2n) is 5.30. The molecule has 0 saturated heterocycles. The van der Waals surface area contributed by atoms with Crippen LogP contribution in [0.2, 0.25) is 0 Å². The molecule has 102 valence electrons. The van der Waals surface area contributed by atoms with Crippen LogP contribution in [-0.4, -0.2) is 5.60 Å². The Hall–Kier alpha value is -1.74. The maximum absolute atomic E-state index is 13.2. The Morgan fingerprint density at radius 3 is 2.65 bits per heavy atom. The Morgan fingerprint density at radius 1 is 1.05 bits per heavy atom. The first-order valence-electron chi connectivity index (χ1n) is 6.48. The Balaban J connectivity index is 1.87. The molecule has 1 heterocycles. The van der Waals surface area contributed by atoms with Gasteiger partial charge in [-0.3, -0.25) is 0 Å². The normalized spacial score (nSPS) is 15.6. The van der Waals surface area contributed by atoms with Gasteiger partial charge in [0.05, 0.1) is 0 Å². The zero-order valence-electron chi connectivity index (χ0n) is 11.4. The molecule has 3 rings (SSSR count). The van der Waals surface area contributed by atoms with Crippen LogP contribution in [0.1, 0.15) is 19.4 Å². The molecule has 20 heavy (non-hydrogen) atoms. The lowest BCUT2D eigenvalue weighted by Crippen LogP contribution is -2.27. The zero-order chi connectivity index (χ0) is 14.2. The fraction of sp³-hybridized carbons (Fsp3) is 0.176. The highest BCUT2D eigenvalue weighted by Crippen LogP contribution is 2.36. The second kappa shape index (κ2) is 4.98. The van der Waals surface area contributed by atoms with Crippen molar-refractivity contribution in [3.05, 3.63) is 59.9 Å². The van der Waals surface area contributed by atoms with Crippen molar-refractivity contribution < 1.29 is 9.13 Å². The van der Waals surface area contributed by atoms with Crippen molar-refractivity contribution in [1.82, 2.24) is 0 Å². The third kappa shape index (κ3) is 2.88. The lowest BCUT2D eigenvalue weighted by Gasteiger charge is -2.28. The summed E-state index contributed by atoms with van der Waals surface area (Å²) in [6, 6.07) is 12.7. The van der Waals surface area contributed by atoms with E-state index in [9.17, 15) is 4.39 Å². The molecule has 0 N–H and O–H groups in total. The lowest BCUT2D eigenvalue weighted by atomic mass is 10.0. The van der Waals surface area contributed by atoms with Crippen LogP contribution in [-0.2, 0) is 0 Å². The van der Waals surface area contributed by atoms with Crippen LogP contribution in [0.4, 0.5) is 4.39 Å². The van der Waals surface area contributed by atoms with E-state index in [1.54, 1.807) is 23.9 Å². The third-order valence-corrected chi connectivity index (χ3v) is 4.03. The number of ether oxygens (including phenoxy) is 1. The minimum absolute atomic E-state index is 0.210. The van der Waals surface area contributed by atoms with Crippen molar-refractivity contribution in [1.29, 1.82) is 0 Å². The zero-order valence-corrected chi connectivity index (χ0v) is 12.2. The molecule has 0 aromatic heterocycles. The fourth-order valence-corrected chi connectivity index (χ4v) is 3.00. The van der Waals surface area contributed by atoms with Crippen molar-refractivity contribution in [2.45, 2.75) is 29.2 Å². The van der Waals surface area contributed by atoms with Crippen molar-refractivity contribution in [2.24, 2.45) is 0 Å². The van der Waals surface area contributed by atoms with Crippen LogP contribution in [0, 0.1) is 5.82 Å². The summed E-state index contributed by atoms with van der Waals surface area (Å²) in [4.78, 5) is 1.97. The molecular formula is C17H15FOS. The summed E-state index contributed by atoms with van der Waals surface area (Å²) in [6.07, 6.45) is 4.13. The van der Waals surface area contributed by atoms with E-state index in [0.717, 1.165) is 21.1 Å². The number of halogens is 1. The van der Waals surface area contributed by atoms with Gasteiger partial charge >= 0.3 is 0 Å². The Labute approximate surface area is 122 Å². The van der Waals surface area contributed by atoms with Gasteiger partial charge in [0.25, 0.3) is 0 Å². The number of hydrogen-bond acceptors (Lipinski definition) is 2. The maximum atomic E-state index is 13.2. The first-order valence-corrected chi connectivity index (χ1v) is 7.29. The molecule has 0 saturated carbocycles. The molecule has 1 aliphatic heterocycles. The van der Waals surface area contributed by atoms with Gasteiger partial charge in [0.1, 0.15) is 17.2 Å². The molecule has 0 fully saturated rings. The van der Waals surface area contributed by atoms with Gasteiger partial charge in [0.2, 0.25) is 0 Å². The standard InChI is InChI=1S/C17H15FOS/c1-17(2)9-8-12-10-15(6-7-16(12)19-17)20-14-5-3-4-13(18)11-14/h3-11H,1-2H3. The van der Waals surface area contributed by atoms with Crippen LogP contribution in [0.25, 0.3) is 6.08 Å². The molecule has 0 radical (unpaired) electrons. The Morgan fingerprint density at radius 2 is 1.85 bits per heavy atom. The van der Waals surface area contributed by atoms with Gasteiger partial charge in [-0.05, 0) is 56.3 Å². The average molecular weight is 286 g/mol. The van der Waals surface area contributed by atoms with E-state index in [1.807, 2.05) is 38.1 Å². The second-order valence-corrected chi connectivity index (χ2v) is 6.44. The van der Waals surface area contributed by atoms with Crippen molar-refractivity contribution in [2.75, 3.05) is 0 Å². The van der Waals surface area contributed by atoms with Crippen LogP contribution in [0.15, 0.2) is 58.3 Å². The molecule has 0 bridgehead atoms. The maximum Gasteiger partial charge on any atom is 0.127 e. The van der Waals surface area contributed by atoms with Crippen molar-refractivity contribution >= 4 is 17.8 Å². The monoisotopic (exact) mass is 286 g/mol. The topological polar surface area (TPSA) is 9.23 Å². The molecule has 0 unspecified atom stereocenters. The summed E-state index contributed by atoms with van der Waals surface area (Å²) in [5.74, 6) is 0.680. The van der Waals surface area contributed by atoms with E-state index < -0.39 is 0 Å². The van der Waals surface area contributed by atoms with Crippen LogP contribution < -0.4 is 4.74 Å². The van der Waals surface area contributed by atoms with Crippen LogP contribution >= 0.6 is 11.8 Å². The Kier molecular flexibility index (Phi) is 3.30. The number of benzene rings is 2. The highest BCUT2D eigenvalue weighted by Gasteiger charge is 2.21. The summed E-state index contributed by atoms with van der Waals surface area (Å²) in [5.41, 5.74) is 0.801. The molecular weight excluding hydrogens is 271 g/mol. The van der Waals surface area contributed by atoms with Gasteiger partial charge in [-0.15, -0.1) is 0 Å². The van der Waals surface area contributed by atoms with Gasteiger partial charge in [0, 0.05) is 15.4 Å². The van der Waals surface area contributed by atoms with E-state index in [-0.39, 0.29) is 11.4 Å². The largest absolute Gasteiger partial charge is 0.483 e. The number of rotatable bonds is 2. The first-order chi connectivity index (χ1) is 9.52. The predicted molar refractivity (Wildman–Crippen MR) is 80.7 cm³/mol. The van der Waals surface area contributed by atoms with E-state index >= 15 is 0 Å². The van der Waals surface area contributed by atoms with Gasteiger partial charge in [-0.25, -0.2) is 4.39 Å². The molecule has 1 nitrogen and oxygen atoms in total. The molecule has 0 aliphatic carbocycles. The summed E-state index contributed by atoms with van der Waals surface area (Å²) in [6.45, 7) is 4.06. The predicted octanol–water partition coefficient (Wildman–Crippen LogP) is 5.16. The molecule has 2 aromatic carbocycles. The Bertz CT molecular complexity index is 676. The fourth-order valence-electron chi connectivity index (χ4n) is 2.09. The summed E-state index contributed by atoms with van der Waals surface area (Å²) >= 11 is 1.55. The van der Waals surface area contributed by atoms with Gasteiger partial charge in [-0.2, -0.15) is 0 Å². The molecule has 1 aliphatic rings. The molecule has 3 heteroatoms. The first kappa shape index (κ1) is 13.3. The molecule has 2 aromatic rings. The summed E-state index contributed by atoms with van der Waals surface area (Å²) in [5, 5.41) is 0. The molecule has 0 amide bonds. The minimum atomic E-state index is -0.260. The van der Waals surface area contributed by atoms with Crippen LogP contribution in [0.5, 0.6) is 5.75 Å². The lowest BCUT2D eigenvalue weighted by molar-refractivity contribution is 0.159. The average Bonchev–Trinajstić information content (AvgIpc) is 2.38. The van der Waals surface area contributed by atoms with Crippen molar-refractivity contribution in [3.8, 4) is 5.75 Å². The van der Waals surface area contributed by atoms with Crippen molar-refractivity contribution in [3.63, 3.8) is 0 Å². The molecule has 0 spiro atoms. The highest BCUT2D eigenvalue weighted by atomic mass is 32.2. The SMILES string of the molecule is CC1(C)C=Cc2cc(Sc3cccc(F)c3)ccc2O1. The van der Waals surface area contributed by atoms with E-state index in [1.165, 1.54) is 6.07 Å². The van der Waals surface area contributed by atoms with E-state index in [4.69, 9.17) is 4.74 Å². The minimum Gasteiger partial charge on any atom is -0.483 e. The third-order valence-electron chi connectivity index (χ3n) is 3.05. The molecule has 0 atom stereocenters.